The van der Waals surface area contributed by atoms with Gasteiger partial charge in [-0.05, 0) is 49.9 Å². The minimum absolute atomic E-state index is 0.0689. The van der Waals surface area contributed by atoms with E-state index in [4.69, 9.17) is 10.5 Å². The second-order valence-corrected chi connectivity index (χ2v) is 6.27. The van der Waals surface area contributed by atoms with E-state index >= 15 is 0 Å². The van der Waals surface area contributed by atoms with Crippen molar-refractivity contribution in [2.75, 3.05) is 13.2 Å². The summed E-state index contributed by atoms with van der Waals surface area (Å²) in [5.74, 6) is 1.96. The van der Waals surface area contributed by atoms with Gasteiger partial charge < -0.3 is 15.8 Å². The maximum absolute atomic E-state index is 12.2. The molecule has 18 heavy (non-hydrogen) atoms. The molecule has 3 fully saturated rings. The van der Waals surface area contributed by atoms with Crippen LogP contribution in [0.2, 0.25) is 0 Å². The predicted octanol–water partition coefficient (Wildman–Crippen LogP) is 1.05. The molecule has 4 unspecified atom stereocenters. The molecule has 1 saturated heterocycles. The third-order valence-corrected chi connectivity index (χ3v) is 5.14. The van der Waals surface area contributed by atoms with Gasteiger partial charge in [0.1, 0.15) is 0 Å². The molecule has 4 atom stereocenters. The van der Waals surface area contributed by atoms with Crippen molar-refractivity contribution in [3.05, 3.63) is 0 Å². The summed E-state index contributed by atoms with van der Waals surface area (Å²) < 4.78 is 5.32. The fraction of sp³-hybridized carbons (Fsp3) is 0.929. The van der Waals surface area contributed by atoms with E-state index in [1.54, 1.807) is 0 Å². The molecule has 2 saturated carbocycles. The molecule has 0 aromatic rings. The molecule has 3 aliphatic rings. The van der Waals surface area contributed by atoms with E-state index < -0.39 is 0 Å². The quantitative estimate of drug-likeness (QED) is 0.789. The Kier molecular flexibility index (Phi) is 3.57. The zero-order valence-electron chi connectivity index (χ0n) is 10.9. The third-order valence-electron chi connectivity index (χ3n) is 5.14. The number of ether oxygens (including phenoxy) is 1. The Bertz CT molecular complexity index is 315. The van der Waals surface area contributed by atoms with E-state index in [0.29, 0.717) is 12.0 Å². The topological polar surface area (TPSA) is 64.4 Å². The van der Waals surface area contributed by atoms with E-state index in [-0.39, 0.29) is 11.9 Å². The Labute approximate surface area is 109 Å². The highest BCUT2D eigenvalue weighted by Crippen LogP contribution is 2.44. The molecule has 1 amide bonds. The highest BCUT2D eigenvalue weighted by molar-refractivity contribution is 5.82. The van der Waals surface area contributed by atoms with Crippen molar-refractivity contribution in [1.29, 1.82) is 0 Å². The molecule has 3 rings (SSSR count). The van der Waals surface area contributed by atoms with Crippen LogP contribution in [-0.2, 0) is 9.53 Å². The Hall–Kier alpha value is -0.610. The van der Waals surface area contributed by atoms with Crippen LogP contribution in [0.25, 0.3) is 0 Å². The van der Waals surface area contributed by atoms with Crippen LogP contribution in [0.1, 0.15) is 38.5 Å². The fourth-order valence-electron chi connectivity index (χ4n) is 3.99. The summed E-state index contributed by atoms with van der Waals surface area (Å²) in [7, 11) is 0. The first-order valence-electron chi connectivity index (χ1n) is 7.37. The summed E-state index contributed by atoms with van der Waals surface area (Å²) in [6.45, 7) is 1.50. The molecule has 2 aliphatic carbocycles. The van der Waals surface area contributed by atoms with Crippen LogP contribution in [0.15, 0.2) is 0 Å². The molecule has 2 bridgehead atoms. The molecule has 0 radical (unpaired) electrons. The number of hydrogen-bond acceptors (Lipinski definition) is 3. The Morgan fingerprint density at radius 2 is 1.94 bits per heavy atom. The van der Waals surface area contributed by atoms with Gasteiger partial charge in [0.25, 0.3) is 0 Å². The standard InChI is InChI=1S/C14H24N2O2/c15-13(10-3-5-18-6-4-10)14(17)16-12-8-9-1-2-11(12)7-9/h9-13H,1-8,15H2,(H,16,17). The maximum atomic E-state index is 12.2. The first-order chi connectivity index (χ1) is 8.74. The second kappa shape index (κ2) is 5.17. The summed E-state index contributed by atoms with van der Waals surface area (Å²) in [5, 5.41) is 3.20. The van der Waals surface area contributed by atoms with Gasteiger partial charge in [-0.2, -0.15) is 0 Å². The lowest BCUT2D eigenvalue weighted by atomic mass is 9.90. The monoisotopic (exact) mass is 252 g/mol. The molecule has 0 spiro atoms. The highest BCUT2D eigenvalue weighted by atomic mass is 16.5. The van der Waals surface area contributed by atoms with Gasteiger partial charge >= 0.3 is 0 Å². The first kappa shape index (κ1) is 12.4. The Morgan fingerprint density at radius 3 is 2.56 bits per heavy atom. The second-order valence-electron chi connectivity index (χ2n) is 6.27. The Balaban J connectivity index is 1.51. The van der Waals surface area contributed by atoms with Gasteiger partial charge in [-0.3, -0.25) is 4.79 Å². The predicted molar refractivity (Wildman–Crippen MR) is 68.9 cm³/mol. The zero-order chi connectivity index (χ0) is 12.5. The third kappa shape index (κ3) is 2.41. The van der Waals surface area contributed by atoms with Crippen molar-refractivity contribution < 1.29 is 9.53 Å². The van der Waals surface area contributed by atoms with Crippen LogP contribution in [0, 0.1) is 17.8 Å². The average Bonchev–Trinajstić information content (AvgIpc) is 3.01. The van der Waals surface area contributed by atoms with E-state index in [9.17, 15) is 4.79 Å². The molecule has 4 heteroatoms. The van der Waals surface area contributed by atoms with Crippen molar-refractivity contribution in [2.45, 2.75) is 50.6 Å². The molecule has 3 N–H and O–H groups in total. The number of nitrogens with two attached hydrogens (primary N) is 1. The largest absolute Gasteiger partial charge is 0.381 e. The minimum Gasteiger partial charge on any atom is -0.381 e. The summed E-state index contributed by atoms with van der Waals surface area (Å²) in [6.07, 6.45) is 7.00. The SMILES string of the molecule is NC(C(=O)NC1CC2CCC1C2)C1CCOCC1. The van der Waals surface area contributed by atoms with Gasteiger partial charge in [-0.1, -0.05) is 6.42 Å². The molecule has 1 heterocycles. The normalized spacial score (nSPS) is 37.7. The van der Waals surface area contributed by atoms with Gasteiger partial charge in [-0.25, -0.2) is 0 Å². The van der Waals surface area contributed by atoms with Crippen LogP contribution in [0.5, 0.6) is 0 Å². The van der Waals surface area contributed by atoms with Crippen molar-refractivity contribution in [1.82, 2.24) is 5.32 Å². The molecule has 0 aromatic heterocycles. The van der Waals surface area contributed by atoms with E-state index in [1.807, 2.05) is 0 Å². The van der Waals surface area contributed by atoms with Crippen LogP contribution in [0.3, 0.4) is 0 Å². The number of carbonyl (C=O) groups is 1. The number of fused-ring (bicyclic) bond motifs is 2. The van der Waals surface area contributed by atoms with Gasteiger partial charge in [0, 0.05) is 19.3 Å². The van der Waals surface area contributed by atoms with Crippen molar-refractivity contribution in [3.63, 3.8) is 0 Å². The van der Waals surface area contributed by atoms with Crippen molar-refractivity contribution in [3.8, 4) is 0 Å². The number of amides is 1. The molecule has 1 aliphatic heterocycles. The number of rotatable bonds is 3. The summed E-state index contributed by atoms with van der Waals surface area (Å²) in [5.41, 5.74) is 6.10. The summed E-state index contributed by atoms with van der Waals surface area (Å²) in [6, 6.07) is 0.0650. The lowest BCUT2D eigenvalue weighted by Gasteiger charge is -2.29. The molecular weight excluding hydrogens is 228 g/mol. The van der Waals surface area contributed by atoms with E-state index in [1.165, 1.54) is 25.7 Å². The van der Waals surface area contributed by atoms with Crippen molar-refractivity contribution in [2.24, 2.45) is 23.5 Å². The minimum atomic E-state index is -0.340. The molecule has 4 nitrogen and oxygen atoms in total. The molecular formula is C14H24N2O2. The van der Waals surface area contributed by atoms with Gasteiger partial charge in [0.15, 0.2) is 0 Å². The van der Waals surface area contributed by atoms with Crippen LogP contribution in [-0.4, -0.2) is 31.2 Å². The van der Waals surface area contributed by atoms with Gasteiger partial charge in [0.05, 0.1) is 6.04 Å². The van der Waals surface area contributed by atoms with Gasteiger partial charge in [0.2, 0.25) is 5.91 Å². The van der Waals surface area contributed by atoms with Crippen LogP contribution in [0.4, 0.5) is 0 Å². The smallest absolute Gasteiger partial charge is 0.237 e. The van der Waals surface area contributed by atoms with Crippen molar-refractivity contribution >= 4 is 5.91 Å². The zero-order valence-corrected chi connectivity index (χ0v) is 10.9. The summed E-state index contributed by atoms with van der Waals surface area (Å²) in [4.78, 5) is 12.2. The lowest BCUT2D eigenvalue weighted by Crippen LogP contribution is -2.51. The number of hydrogen-bond donors (Lipinski definition) is 2. The van der Waals surface area contributed by atoms with E-state index in [0.717, 1.165) is 37.9 Å². The number of carbonyl (C=O) groups excluding carboxylic acids is 1. The fourth-order valence-corrected chi connectivity index (χ4v) is 3.99. The summed E-state index contributed by atoms with van der Waals surface area (Å²) >= 11 is 0. The molecule has 0 aromatic carbocycles. The molecule has 102 valence electrons. The average molecular weight is 252 g/mol. The first-order valence-corrected chi connectivity index (χ1v) is 7.37. The highest BCUT2D eigenvalue weighted by Gasteiger charge is 2.41. The number of nitrogens with one attached hydrogen (secondary N) is 1. The lowest BCUT2D eigenvalue weighted by molar-refractivity contribution is -0.125. The van der Waals surface area contributed by atoms with Crippen LogP contribution < -0.4 is 11.1 Å². The van der Waals surface area contributed by atoms with Crippen LogP contribution >= 0.6 is 0 Å². The van der Waals surface area contributed by atoms with E-state index in [2.05, 4.69) is 5.32 Å². The maximum Gasteiger partial charge on any atom is 0.237 e. The van der Waals surface area contributed by atoms with Gasteiger partial charge in [-0.15, -0.1) is 0 Å². The Morgan fingerprint density at radius 1 is 1.17 bits per heavy atom.